The van der Waals surface area contributed by atoms with Crippen molar-refractivity contribution < 1.29 is 19.4 Å². The molecule has 1 saturated heterocycles. The standard InChI is InChI=1S/C17H22BrNO4/c1-22-15-8-10(14-7-11(9-19-14)17(20)21)6-13(18)16(15)23-12-4-2-3-5-12/h6,8,11-12,14,19H,2-5,7,9H2,1H3,(H,20,21). The van der Waals surface area contributed by atoms with Crippen LogP contribution in [0.4, 0.5) is 0 Å². The van der Waals surface area contributed by atoms with E-state index in [9.17, 15) is 4.79 Å². The van der Waals surface area contributed by atoms with Crippen molar-refractivity contribution in [2.24, 2.45) is 5.92 Å². The first-order valence-corrected chi connectivity index (χ1v) is 8.88. The van der Waals surface area contributed by atoms with E-state index >= 15 is 0 Å². The first-order valence-electron chi connectivity index (χ1n) is 8.08. The first-order chi connectivity index (χ1) is 11.1. The molecule has 6 heteroatoms. The van der Waals surface area contributed by atoms with Gasteiger partial charge < -0.3 is 19.9 Å². The van der Waals surface area contributed by atoms with Gasteiger partial charge in [-0.05, 0) is 65.7 Å². The molecule has 2 unspecified atom stereocenters. The molecular formula is C17H22BrNO4. The molecular weight excluding hydrogens is 362 g/mol. The molecule has 1 saturated carbocycles. The number of hydrogen-bond donors (Lipinski definition) is 2. The lowest BCUT2D eigenvalue weighted by molar-refractivity contribution is -0.141. The van der Waals surface area contributed by atoms with Gasteiger partial charge in [-0.3, -0.25) is 4.79 Å². The molecule has 0 amide bonds. The van der Waals surface area contributed by atoms with Crippen LogP contribution in [0, 0.1) is 5.92 Å². The Hall–Kier alpha value is -1.27. The second-order valence-electron chi connectivity index (χ2n) is 6.29. The fourth-order valence-electron chi connectivity index (χ4n) is 3.41. The highest BCUT2D eigenvalue weighted by Gasteiger charge is 2.31. The van der Waals surface area contributed by atoms with Gasteiger partial charge in [0.25, 0.3) is 0 Å². The van der Waals surface area contributed by atoms with Gasteiger partial charge in [0.2, 0.25) is 0 Å². The number of halogens is 1. The van der Waals surface area contributed by atoms with E-state index in [1.54, 1.807) is 7.11 Å². The van der Waals surface area contributed by atoms with Gasteiger partial charge >= 0.3 is 5.97 Å². The Kier molecular flexibility index (Phi) is 5.11. The molecule has 23 heavy (non-hydrogen) atoms. The van der Waals surface area contributed by atoms with Gasteiger partial charge in [-0.15, -0.1) is 0 Å². The number of aliphatic carboxylic acids is 1. The van der Waals surface area contributed by atoms with Crippen molar-refractivity contribution in [3.05, 3.63) is 22.2 Å². The zero-order valence-corrected chi connectivity index (χ0v) is 14.8. The van der Waals surface area contributed by atoms with Crippen LogP contribution in [0.2, 0.25) is 0 Å². The lowest BCUT2D eigenvalue weighted by atomic mass is 10.00. The smallest absolute Gasteiger partial charge is 0.307 e. The van der Waals surface area contributed by atoms with E-state index in [0.29, 0.717) is 18.7 Å². The maximum Gasteiger partial charge on any atom is 0.307 e. The largest absolute Gasteiger partial charge is 0.493 e. The van der Waals surface area contributed by atoms with Crippen LogP contribution in [0.5, 0.6) is 11.5 Å². The molecule has 1 aromatic rings. The Labute approximate surface area is 144 Å². The summed E-state index contributed by atoms with van der Waals surface area (Å²) >= 11 is 3.59. The van der Waals surface area contributed by atoms with E-state index in [1.807, 2.05) is 12.1 Å². The number of nitrogens with one attached hydrogen (secondary N) is 1. The average Bonchev–Trinajstić information content (AvgIpc) is 3.20. The second kappa shape index (κ2) is 7.09. The summed E-state index contributed by atoms with van der Waals surface area (Å²) < 4.78 is 12.5. The lowest BCUT2D eigenvalue weighted by Crippen LogP contribution is -2.17. The highest BCUT2D eigenvalue weighted by molar-refractivity contribution is 9.10. The van der Waals surface area contributed by atoms with Crippen molar-refractivity contribution in [2.45, 2.75) is 44.2 Å². The third kappa shape index (κ3) is 3.63. The fraction of sp³-hybridized carbons (Fsp3) is 0.588. The first kappa shape index (κ1) is 16.6. The van der Waals surface area contributed by atoms with Gasteiger partial charge in [0.1, 0.15) is 0 Å². The molecule has 0 radical (unpaired) electrons. The molecule has 5 nitrogen and oxygen atoms in total. The highest BCUT2D eigenvalue weighted by Crippen LogP contribution is 2.41. The summed E-state index contributed by atoms with van der Waals surface area (Å²) in [5.74, 6) is 0.365. The number of benzene rings is 1. The van der Waals surface area contributed by atoms with E-state index in [-0.39, 0.29) is 18.1 Å². The van der Waals surface area contributed by atoms with Crippen LogP contribution >= 0.6 is 15.9 Å². The van der Waals surface area contributed by atoms with Gasteiger partial charge in [-0.1, -0.05) is 0 Å². The van der Waals surface area contributed by atoms with Crippen LogP contribution in [-0.2, 0) is 4.79 Å². The lowest BCUT2D eigenvalue weighted by Gasteiger charge is -2.20. The maximum atomic E-state index is 11.1. The van der Waals surface area contributed by atoms with Crippen molar-refractivity contribution in [3.8, 4) is 11.5 Å². The van der Waals surface area contributed by atoms with Crippen LogP contribution in [0.15, 0.2) is 16.6 Å². The number of methoxy groups -OCH3 is 1. The van der Waals surface area contributed by atoms with Crippen molar-refractivity contribution >= 4 is 21.9 Å². The number of rotatable bonds is 5. The zero-order chi connectivity index (χ0) is 16.4. The molecule has 1 heterocycles. The summed E-state index contributed by atoms with van der Waals surface area (Å²) in [6.07, 6.45) is 5.44. The quantitative estimate of drug-likeness (QED) is 0.813. The molecule has 2 fully saturated rings. The summed E-state index contributed by atoms with van der Waals surface area (Å²) in [5.41, 5.74) is 1.02. The van der Waals surface area contributed by atoms with Gasteiger partial charge in [-0.25, -0.2) is 0 Å². The van der Waals surface area contributed by atoms with Crippen LogP contribution < -0.4 is 14.8 Å². The predicted octanol–water partition coefficient (Wildman–Crippen LogP) is 3.51. The Morgan fingerprint density at radius 1 is 1.35 bits per heavy atom. The van der Waals surface area contributed by atoms with E-state index in [1.165, 1.54) is 12.8 Å². The predicted molar refractivity (Wildman–Crippen MR) is 90.1 cm³/mol. The van der Waals surface area contributed by atoms with Crippen LogP contribution in [0.1, 0.15) is 43.7 Å². The number of carboxylic acid groups (broad SMARTS) is 1. The van der Waals surface area contributed by atoms with Crippen molar-refractivity contribution in [1.29, 1.82) is 0 Å². The van der Waals surface area contributed by atoms with E-state index in [0.717, 1.165) is 28.6 Å². The fourth-order valence-corrected chi connectivity index (χ4v) is 3.96. The minimum Gasteiger partial charge on any atom is -0.493 e. The minimum absolute atomic E-state index is 0.0295. The van der Waals surface area contributed by atoms with Crippen molar-refractivity contribution in [1.82, 2.24) is 5.32 Å². The normalized spacial score (nSPS) is 24.8. The summed E-state index contributed by atoms with van der Waals surface area (Å²) in [6, 6.07) is 3.99. The topological polar surface area (TPSA) is 67.8 Å². The number of hydrogen-bond acceptors (Lipinski definition) is 4. The summed E-state index contributed by atoms with van der Waals surface area (Å²) in [5, 5.41) is 12.4. The maximum absolute atomic E-state index is 11.1. The van der Waals surface area contributed by atoms with Crippen molar-refractivity contribution in [3.63, 3.8) is 0 Å². The SMILES string of the molecule is COc1cc(C2CC(C(=O)O)CN2)cc(Br)c1OC1CCCC1. The number of ether oxygens (including phenoxy) is 2. The molecule has 1 aliphatic carbocycles. The Morgan fingerprint density at radius 3 is 2.70 bits per heavy atom. The monoisotopic (exact) mass is 383 g/mol. The van der Waals surface area contributed by atoms with E-state index in [2.05, 4.69) is 21.2 Å². The van der Waals surface area contributed by atoms with E-state index < -0.39 is 5.97 Å². The summed E-state index contributed by atoms with van der Waals surface area (Å²) in [7, 11) is 1.63. The van der Waals surface area contributed by atoms with Gasteiger partial charge in [0.15, 0.2) is 11.5 Å². The Morgan fingerprint density at radius 2 is 2.09 bits per heavy atom. The third-order valence-electron chi connectivity index (χ3n) is 4.72. The minimum atomic E-state index is -0.743. The second-order valence-corrected chi connectivity index (χ2v) is 7.14. The van der Waals surface area contributed by atoms with Crippen LogP contribution in [0.3, 0.4) is 0 Å². The zero-order valence-electron chi connectivity index (χ0n) is 13.2. The molecule has 126 valence electrons. The molecule has 2 N–H and O–H groups in total. The average molecular weight is 384 g/mol. The number of carboxylic acids is 1. The van der Waals surface area contributed by atoms with Gasteiger partial charge in [-0.2, -0.15) is 0 Å². The number of carbonyl (C=O) groups is 1. The van der Waals surface area contributed by atoms with Crippen LogP contribution in [-0.4, -0.2) is 30.8 Å². The highest BCUT2D eigenvalue weighted by atomic mass is 79.9. The van der Waals surface area contributed by atoms with E-state index in [4.69, 9.17) is 14.6 Å². The summed E-state index contributed by atoms with van der Waals surface area (Å²) in [4.78, 5) is 11.1. The third-order valence-corrected chi connectivity index (χ3v) is 5.31. The molecule has 0 bridgehead atoms. The van der Waals surface area contributed by atoms with Gasteiger partial charge in [0, 0.05) is 12.6 Å². The molecule has 0 spiro atoms. The molecule has 1 aromatic carbocycles. The molecule has 0 aromatic heterocycles. The molecule has 1 aliphatic heterocycles. The van der Waals surface area contributed by atoms with Crippen molar-refractivity contribution in [2.75, 3.05) is 13.7 Å². The molecule has 2 atom stereocenters. The van der Waals surface area contributed by atoms with Crippen LogP contribution in [0.25, 0.3) is 0 Å². The molecule has 2 aliphatic rings. The Balaban J connectivity index is 1.80. The summed E-state index contributed by atoms with van der Waals surface area (Å²) in [6.45, 7) is 0.500. The molecule has 3 rings (SSSR count). The Bertz CT molecular complexity index is 586. The van der Waals surface area contributed by atoms with Gasteiger partial charge in [0.05, 0.1) is 23.6 Å².